The van der Waals surface area contributed by atoms with Crippen LogP contribution in [0.3, 0.4) is 0 Å². The van der Waals surface area contributed by atoms with Gasteiger partial charge in [-0.25, -0.2) is 4.57 Å². The van der Waals surface area contributed by atoms with Crippen LogP contribution in [0.4, 0.5) is 0 Å². The van der Waals surface area contributed by atoms with Crippen LogP contribution in [0.15, 0.2) is 97.2 Å². The molecule has 0 heterocycles. The molecule has 11 nitrogen and oxygen atoms in total. The van der Waals surface area contributed by atoms with Gasteiger partial charge in [-0.05, 0) is 109 Å². The SMILES string of the molecule is CC/C=C\C/C=C\C/C=C\C/C=C\CCC(=O)OC(CO)COP(=O)(O)OCC(COC(=O)CCCCCCCCCCC/C=C\CCCCCCCC)OC(=O)CCCCCCCC/C=C\C/C=C\C/C=C\CCCCC. The highest BCUT2D eigenvalue weighted by Gasteiger charge is 2.28. The molecule has 2 N–H and O–H groups in total. The van der Waals surface area contributed by atoms with Crippen LogP contribution in [0, 0.1) is 0 Å². The minimum Gasteiger partial charge on any atom is -0.462 e. The summed E-state index contributed by atoms with van der Waals surface area (Å²) in [7, 11) is -4.78. The maximum atomic E-state index is 12.9. The van der Waals surface area contributed by atoms with E-state index in [1.807, 2.05) is 12.2 Å². The third-order valence-electron chi connectivity index (χ3n) is 13.0. The van der Waals surface area contributed by atoms with E-state index < -0.39 is 57.8 Å². The van der Waals surface area contributed by atoms with Gasteiger partial charge in [-0.3, -0.25) is 23.4 Å². The second-order valence-electron chi connectivity index (χ2n) is 20.5. The number of phosphoric ester groups is 1. The zero-order valence-corrected chi connectivity index (χ0v) is 50.5. The minimum absolute atomic E-state index is 0.0517. The molecule has 0 aromatic heterocycles. The summed E-state index contributed by atoms with van der Waals surface area (Å²) in [6.45, 7) is 4.42. The summed E-state index contributed by atoms with van der Waals surface area (Å²) < 4.78 is 39.5. The number of aliphatic hydroxyl groups excluding tert-OH is 1. The fourth-order valence-electron chi connectivity index (χ4n) is 8.25. The van der Waals surface area contributed by atoms with Crippen LogP contribution in [-0.4, -0.2) is 66.5 Å². The molecule has 0 aliphatic rings. The fraction of sp³-hybridized carbons (Fsp3) is 0.712. The van der Waals surface area contributed by atoms with E-state index in [9.17, 15) is 28.9 Å². The second-order valence-corrected chi connectivity index (χ2v) is 21.9. The summed E-state index contributed by atoms with van der Waals surface area (Å²) in [6, 6.07) is 0. The van der Waals surface area contributed by atoms with Crippen LogP contribution in [-0.2, 0) is 42.2 Å². The first kappa shape index (κ1) is 74.4. The van der Waals surface area contributed by atoms with Gasteiger partial charge in [-0.15, -0.1) is 0 Å². The number of unbranched alkanes of at least 4 members (excludes halogenated alkanes) is 24. The largest absolute Gasteiger partial charge is 0.472 e. The molecule has 0 rings (SSSR count). The van der Waals surface area contributed by atoms with Crippen molar-refractivity contribution in [1.82, 2.24) is 0 Å². The van der Waals surface area contributed by atoms with E-state index in [1.165, 1.54) is 109 Å². The molecule has 0 spiro atoms. The normalized spacial score (nSPS) is 14.0. The average molecular weight is 1110 g/mol. The van der Waals surface area contributed by atoms with Crippen molar-refractivity contribution in [1.29, 1.82) is 0 Å². The van der Waals surface area contributed by atoms with Gasteiger partial charge in [-0.1, -0.05) is 234 Å². The molecule has 0 bridgehead atoms. The summed E-state index contributed by atoms with van der Waals surface area (Å²) >= 11 is 0. The van der Waals surface area contributed by atoms with Crippen molar-refractivity contribution in [3.8, 4) is 0 Å². The number of aliphatic hydroxyl groups is 1. The molecule has 0 aromatic rings. The van der Waals surface area contributed by atoms with Crippen LogP contribution in [0.25, 0.3) is 0 Å². The smallest absolute Gasteiger partial charge is 0.462 e. The molecule has 0 saturated carbocycles. The third kappa shape index (κ3) is 57.1. The number of ether oxygens (including phenoxy) is 3. The monoisotopic (exact) mass is 1110 g/mol. The summed E-state index contributed by atoms with van der Waals surface area (Å²) in [6.07, 6.45) is 70.9. The minimum atomic E-state index is -4.78. The predicted octanol–water partition coefficient (Wildman–Crippen LogP) is 18.8. The molecule has 0 amide bonds. The van der Waals surface area contributed by atoms with Crippen molar-refractivity contribution in [2.45, 2.75) is 277 Å². The molecule has 0 aromatic carbocycles. The quantitative estimate of drug-likeness (QED) is 0.0197. The van der Waals surface area contributed by atoms with Crippen LogP contribution in [0.2, 0.25) is 0 Å². The van der Waals surface area contributed by atoms with Gasteiger partial charge < -0.3 is 24.2 Å². The Hall–Kier alpha value is -3.60. The molecular weight excluding hydrogens is 1000 g/mol. The van der Waals surface area contributed by atoms with Crippen LogP contribution < -0.4 is 0 Å². The summed E-state index contributed by atoms with van der Waals surface area (Å²) in [4.78, 5) is 48.6. The first-order valence-corrected chi connectivity index (χ1v) is 32.6. The van der Waals surface area contributed by atoms with Crippen molar-refractivity contribution in [3.05, 3.63) is 97.2 Å². The van der Waals surface area contributed by atoms with Gasteiger partial charge in [-0.2, -0.15) is 0 Å². The maximum Gasteiger partial charge on any atom is 0.472 e. The first-order chi connectivity index (χ1) is 38.2. The van der Waals surface area contributed by atoms with E-state index in [-0.39, 0.29) is 25.9 Å². The Morgan fingerprint density at radius 1 is 0.372 bits per heavy atom. The predicted molar refractivity (Wildman–Crippen MR) is 325 cm³/mol. The molecule has 0 aliphatic carbocycles. The number of carbonyl (C=O) groups is 3. The van der Waals surface area contributed by atoms with E-state index in [0.717, 1.165) is 96.3 Å². The summed E-state index contributed by atoms with van der Waals surface area (Å²) in [5, 5.41) is 9.81. The van der Waals surface area contributed by atoms with Crippen LogP contribution >= 0.6 is 7.82 Å². The molecule has 0 saturated heterocycles. The Kier molecular flexibility index (Phi) is 56.8. The molecule has 0 fully saturated rings. The van der Waals surface area contributed by atoms with Crippen molar-refractivity contribution in [3.63, 3.8) is 0 Å². The summed E-state index contributed by atoms with van der Waals surface area (Å²) in [5.41, 5.74) is 0. The molecule has 78 heavy (non-hydrogen) atoms. The van der Waals surface area contributed by atoms with Crippen molar-refractivity contribution < 1.29 is 52.2 Å². The zero-order valence-electron chi connectivity index (χ0n) is 49.6. The van der Waals surface area contributed by atoms with Crippen LogP contribution in [0.1, 0.15) is 265 Å². The molecule has 0 radical (unpaired) electrons. The Labute approximate surface area is 476 Å². The number of hydrogen-bond acceptors (Lipinski definition) is 10. The van der Waals surface area contributed by atoms with Gasteiger partial charge in [0, 0.05) is 19.3 Å². The zero-order chi connectivity index (χ0) is 56.9. The maximum absolute atomic E-state index is 12.9. The number of rotatable bonds is 57. The highest BCUT2D eigenvalue weighted by atomic mass is 31.2. The van der Waals surface area contributed by atoms with Gasteiger partial charge in [0.1, 0.15) is 12.7 Å². The van der Waals surface area contributed by atoms with Gasteiger partial charge in [0.2, 0.25) is 0 Å². The lowest BCUT2D eigenvalue weighted by atomic mass is 10.1. The topological polar surface area (TPSA) is 155 Å². The summed E-state index contributed by atoms with van der Waals surface area (Å²) in [5.74, 6) is -1.57. The Balaban J connectivity index is 4.79. The van der Waals surface area contributed by atoms with Crippen molar-refractivity contribution >= 4 is 25.7 Å². The second kappa shape index (κ2) is 59.5. The number of phosphoric acid groups is 1. The Morgan fingerprint density at radius 2 is 0.692 bits per heavy atom. The average Bonchev–Trinajstić information content (AvgIpc) is 3.43. The Morgan fingerprint density at radius 3 is 1.14 bits per heavy atom. The van der Waals surface area contributed by atoms with E-state index in [4.69, 9.17) is 23.3 Å². The lowest BCUT2D eigenvalue weighted by Crippen LogP contribution is -2.30. The molecular formula is C66H113O11P. The molecule has 448 valence electrons. The van der Waals surface area contributed by atoms with Crippen molar-refractivity contribution in [2.75, 3.05) is 26.4 Å². The molecule has 3 unspecified atom stereocenters. The number of carbonyl (C=O) groups excluding carboxylic acids is 3. The standard InChI is InChI=1S/C66H113O11P/c1-4-7-10-13-16-19-22-25-27-29-31-33-35-38-40-43-46-49-52-55-64(68)73-59-63(77-66(70)57-54-51-48-45-42-39-36-34-32-30-28-26-23-20-17-14-11-8-5-2)61-75-78(71,72)74-60-62(58-67)76-65(69)56-53-50-47-44-41-37-24-21-18-15-12-9-6-3/h9,12,17-18,20-21,25-28,32,34,37,41,47,50,62-63,67H,4-8,10-11,13-16,19,22-24,29-31,33,35-36,38-40,42-46,48-49,51-61H2,1-3H3,(H,71,72)/b12-9-,20-17-,21-18-,27-25-,28-26-,34-32-,41-37-,50-47-. The van der Waals surface area contributed by atoms with Gasteiger partial charge in [0.15, 0.2) is 6.10 Å². The molecule has 0 aliphatic heterocycles. The van der Waals surface area contributed by atoms with Gasteiger partial charge in [0.25, 0.3) is 0 Å². The van der Waals surface area contributed by atoms with E-state index in [0.29, 0.717) is 19.3 Å². The van der Waals surface area contributed by atoms with Crippen LogP contribution in [0.5, 0.6) is 0 Å². The number of esters is 3. The molecule has 12 heteroatoms. The van der Waals surface area contributed by atoms with Gasteiger partial charge >= 0.3 is 25.7 Å². The lowest BCUT2D eigenvalue weighted by Gasteiger charge is -2.21. The van der Waals surface area contributed by atoms with Gasteiger partial charge in [0.05, 0.1) is 19.8 Å². The third-order valence-corrected chi connectivity index (χ3v) is 13.9. The van der Waals surface area contributed by atoms with E-state index in [2.05, 4.69) is 106 Å². The Bertz CT molecular complexity index is 1680. The highest BCUT2D eigenvalue weighted by Crippen LogP contribution is 2.43. The number of allylic oxidation sites excluding steroid dienone is 16. The lowest BCUT2D eigenvalue weighted by molar-refractivity contribution is -0.161. The van der Waals surface area contributed by atoms with E-state index >= 15 is 0 Å². The van der Waals surface area contributed by atoms with Crippen molar-refractivity contribution in [2.24, 2.45) is 0 Å². The fourth-order valence-corrected chi connectivity index (χ4v) is 9.04. The highest BCUT2D eigenvalue weighted by molar-refractivity contribution is 7.47. The van der Waals surface area contributed by atoms with E-state index in [1.54, 1.807) is 0 Å². The first-order valence-electron chi connectivity index (χ1n) is 31.1. The molecule has 3 atom stereocenters. The number of hydrogen-bond donors (Lipinski definition) is 2.